The van der Waals surface area contributed by atoms with Gasteiger partial charge in [0.1, 0.15) is 0 Å². The Morgan fingerprint density at radius 1 is 1.80 bits per heavy atom. The maximum atomic E-state index is 10.5. The predicted octanol–water partition coefficient (Wildman–Crippen LogP) is 2.06. The van der Waals surface area contributed by atoms with Gasteiger partial charge in [0, 0.05) is 18.2 Å². The summed E-state index contributed by atoms with van der Waals surface area (Å²) in [5.41, 5.74) is 1.06. The smallest absolute Gasteiger partial charge is 0.186 e. The molecule has 0 saturated heterocycles. The molecule has 1 aromatic heterocycles. The van der Waals surface area contributed by atoms with Crippen molar-refractivity contribution in [2.75, 3.05) is 0 Å². The summed E-state index contributed by atoms with van der Waals surface area (Å²) in [6, 6.07) is 1.86. The van der Waals surface area contributed by atoms with Gasteiger partial charge in [-0.2, -0.15) is 0 Å². The normalized spacial score (nSPS) is 9.70. The lowest BCUT2D eigenvalue weighted by atomic mass is 10.4. The van der Waals surface area contributed by atoms with E-state index < -0.39 is 0 Å². The van der Waals surface area contributed by atoms with Gasteiger partial charge in [0.15, 0.2) is 5.12 Å². The van der Waals surface area contributed by atoms with Crippen LogP contribution < -0.4 is 0 Å². The molecule has 0 spiro atoms. The maximum absolute atomic E-state index is 10.5. The van der Waals surface area contributed by atoms with Crippen LogP contribution in [0.4, 0.5) is 0 Å². The van der Waals surface area contributed by atoms with E-state index in [1.54, 1.807) is 19.5 Å². The molecular formula is C7H8O2S. The molecule has 0 unspecified atom stereocenters. The Morgan fingerprint density at radius 2 is 2.60 bits per heavy atom. The molecular weight excluding hydrogens is 148 g/mol. The van der Waals surface area contributed by atoms with Gasteiger partial charge in [-0.1, -0.05) is 11.8 Å². The van der Waals surface area contributed by atoms with Crippen LogP contribution in [0.5, 0.6) is 0 Å². The molecule has 10 heavy (non-hydrogen) atoms. The highest BCUT2D eigenvalue weighted by molar-refractivity contribution is 8.12. The van der Waals surface area contributed by atoms with Crippen molar-refractivity contribution in [3.63, 3.8) is 0 Å². The number of carbonyl (C=O) groups excluding carboxylic acids is 1. The number of hydrogen-bond donors (Lipinski definition) is 0. The van der Waals surface area contributed by atoms with Crippen LogP contribution in [0, 0.1) is 0 Å². The molecule has 0 radical (unpaired) electrons. The second kappa shape index (κ2) is 3.46. The Morgan fingerprint density at radius 3 is 3.10 bits per heavy atom. The zero-order chi connectivity index (χ0) is 7.40. The number of hydrogen-bond acceptors (Lipinski definition) is 3. The Labute approximate surface area is 63.6 Å². The van der Waals surface area contributed by atoms with E-state index in [0.717, 1.165) is 5.56 Å². The second-order valence-corrected chi connectivity index (χ2v) is 3.06. The first kappa shape index (κ1) is 7.41. The molecule has 1 rings (SSSR count). The van der Waals surface area contributed by atoms with E-state index in [2.05, 4.69) is 0 Å². The lowest BCUT2D eigenvalue weighted by molar-refractivity contribution is -0.109. The molecule has 54 valence electrons. The molecule has 0 aromatic carbocycles. The molecule has 3 heteroatoms. The monoisotopic (exact) mass is 156 g/mol. The molecule has 0 aliphatic heterocycles. The summed E-state index contributed by atoms with van der Waals surface area (Å²) in [6.45, 7) is 1.56. The van der Waals surface area contributed by atoms with E-state index in [9.17, 15) is 4.79 Å². The molecule has 0 fully saturated rings. The van der Waals surface area contributed by atoms with Crippen molar-refractivity contribution in [3.05, 3.63) is 24.2 Å². The topological polar surface area (TPSA) is 30.2 Å². The van der Waals surface area contributed by atoms with Crippen LogP contribution in [-0.4, -0.2) is 5.12 Å². The minimum absolute atomic E-state index is 0.140. The Bertz CT molecular complexity index is 203. The minimum Gasteiger partial charge on any atom is -0.472 e. The standard InChI is InChI=1S/C7H8O2S/c1-6(8)10-5-7-2-3-9-4-7/h2-4H,5H2,1H3. The fourth-order valence-electron chi connectivity index (χ4n) is 0.560. The van der Waals surface area contributed by atoms with Gasteiger partial charge in [0.05, 0.1) is 12.5 Å². The van der Waals surface area contributed by atoms with Gasteiger partial charge in [-0.05, 0) is 6.07 Å². The van der Waals surface area contributed by atoms with Crippen molar-refractivity contribution in [3.8, 4) is 0 Å². The summed E-state index contributed by atoms with van der Waals surface area (Å²) < 4.78 is 4.82. The van der Waals surface area contributed by atoms with Crippen LogP contribution in [0.3, 0.4) is 0 Å². The third-order valence-corrected chi connectivity index (χ3v) is 1.91. The van der Waals surface area contributed by atoms with Crippen LogP contribution >= 0.6 is 11.8 Å². The Hall–Kier alpha value is -0.700. The van der Waals surface area contributed by atoms with Crippen molar-refractivity contribution in [2.24, 2.45) is 0 Å². The first-order valence-electron chi connectivity index (χ1n) is 2.93. The molecule has 0 atom stereocenters. The van der Waals surface area contributed by atoms with Gasteiger partial charge >= 0.3 is 0 Å². The third kappa shape index (κ3) is 2.27. The van der Waals surface area contributed by atoms with Crippen molar-refractivity contribution >= 4 is 16.9 Å². The molecule has 0 amide bonds. The minimum atomic E-state index is 0.140. The molecule has 0 aliphatic rings. The zero-order valence-electron chi connectivity index (χ0n) is 5.66. The van der Waals surface area contributed by atoms with Gasteiger partial charge in [0.25, 0.3) is 0 Å². The zero-order valence-corrected chi connectivity index (χ0v) is 6.48. The third-order valence-electron chi connectivity index (χ3n) is 1.02. The van der Waals surface area contributed by atoms with Crippen molar-refractivity contribution in [1.29, 1.82) is 0 Å². The van der Waals surface area contributed by atoms with Crippen molar-refractivity contribution < 1.29 is 9.21 Å². The summed E-state index contributed by atoms with van der Waals surface area (Å²) in [7, 11) is 0. The first-order valence-corrected chi connectivity index (χ1v) is 3.92. The van der Waals surface area contributed by atoms with Gasteiger partial charge in [-0.3, -0.25) is 4.79 Å². The fraction of sp³-hybridized carbons (Fsp3) is 0.286. The lowest BCUT2D eigenvalue weighted by Crippen LogP contribution is -1.81. The fourth-order valence-corrected chi connectivity index (χ4v) is 1.09. The average Bonchev–Trinajstić information content (AvgIpc) is 2.34. The van der Waals surface area contributed by atoms with E-state index in [0.29, 0.717) is 5.75 Å². The van der Waals surface area contributed by atoms with Gasteiger partial charge in [-0.25, -0.2) is 0 Å². The number of carbonyl (C=O) groups is 1. The van der Waals surface area contributed by atoms with Gasteiger partial charge < -0.3 is 4.42 Å². The highest BCUT2D eigenvalue weighted by atomic mass is 32.2. The molecule has 2 nitrogen and oxygen atoms in total. The maximum Gasteiger partial charge on any atom is 0.186 e. The van der Waals surface area contributed by atoms with Crippen LogP contribution in [-0.2, 0) is 10.5 Å². The van der Waals surface area contributed by atoms with E-state index in [1.807, 2.05) is 6.07 Å². The van der Waals surface area contributed by atoms with Crippen molar-refractivity contribution in [1.82, 2.24) is 0 Å². The summed E-state index contributed by atoms with van der Waals surface area (Å²) in [4.78, 5) is 10.5. The van der Waals surface area contributed by atoms with E-state index in [4.69, 9.17) is 4.42 Å². The van der Waals surface area contributed by atoms with E-state index >= 15 is 0 Å². The SMILES string of the molecule is CC(=O)SCc1ccoc1. The number of furan rings is 1. The number of thioether (sulfide) groups is 1. The van der Waals surface area contributed by atoms with Crippen LogP contribution in [0.25, 0.3) is 0 Å². The van der Waals surface area contributed by atoms with Crippen LogP contribution in [0.15, 0.2) is 23.0 Å². The summed E-state index contributed by atoms with van der Waals surface area (Å²) in [5.74, 6) is 0.714. The Balaban J connectivity index is 2.35. The highest BCUT2D eigenvalue weighted by Crippen LogP contribution is 2.12. The average molecular weight is 156 g/mol. The summed E-state index contributed by atoms with van der Waals surface area (Å²) in [6.07, 6.45) is 3.26. The summed E-state index contributed by atoms with van der Waals surface area (Å²) in [5, 5.41) is 0.140. The predicted molar refractivity (Wildman–Crippen MR) is 40.7 cm³/mol. The second-order valence-electron chi connectivity index (χ2n) is 1.91. The van der Waals surface area contributed by atoms with Crippen LogP contribution in [0.1, 0.15) is 12.5 Å². The number of rotatable bonds is 2. The molecule has 1 aromatic rings. The van der Waals surface area contributed by atoms with Crippen LogP contribution in [0.2, 0.25) is 0 Å². The van der Waals surface area contributed by atoms with Gasteiger partial charge in [0.2, 0.25) is 0 Å². The molecule has 0 N–H and O–H groups in total. The molecule has 1 heterocycles. The Kier molecular flexibility index (Phi) is 2.57. The largest absolute Gasteiger partial charge is 0.472 e. The molecule has 0 aliphatic carbocycles. The lowest BCUT2D eigenvalue weighted by Gasteiger charge is -1.89. The molecule has 0 saturated carbocycles. The quantitative estimate of drug-likeness (QED) is 0.656. The van der Waals surface area contributed by atoms with Gasteiger partial charge in [-0.15, -0.1) is 0 Å². The molecule has 0 bridgehead atoms. The van der Waals surface area contributed by atoms with E-state index in [1.165, 1.54) is 11.8 Å². The first-order chi connectivity index (χ1) is 4.79. The van der Waals surface area contributed by atoms with E-state index in [-0.39, 0.29) is 5.12 Å². The highest BCUT2D eigenvalue weighted by Gasteiger charge is 1.96. The summed E-state index contributed by atoms with van der Waals surface area (Å²) >= 11 is 1.29. The van der Waals surface area contributed by atoms with Crippen molar-refractivity contribution in [2.45, 2.75) is 12.7 Å².